The molecule has 1 aliphatic heterocycles. The zero-order chi connectivity index (χ0) is 16.7. The van der Waals surface area contributed by atoms with E-state index in [4.69, 9.17) is 10.8 Å². The van der Waals surface area contributed by atoms with Crippen LogP contribution < -0.4 is 5.73 Å². The highest BCUT2D eigenvalue weighted by Crippen LogP contribution is 2.40. The predicted molar refractivity (Wildman–Crippen MR) is 100 cm³/mol. The third-order valence-corrected chi connectivity index (χ3v) is 5.28. The van der Waals surface area contributed by atoms with Gasteiger partial charge in [0.25, 0.3) is 5.91 Å². The lowest BCUT2D eigenvalue weighted by atomic mass is 9.90. The van der Waals surface area contributed by atoms with Crippen molar-refractivity contribution in [1.82, 2.24) is 14.7 Å². The number of aromatic nitrogens is 2. The molecule has 1 aromatic carbocycles. The van der Waals surface area contributed by atoms with Crippen LogP contribution in [0.2, 0.25) is 0 Å². The normalized spacial score (nSPS) is 22.7. The largest absolute Gasteiger partial charge is 0.337 e. The maximum absolute atomic E-state index is 13.1. The minimum Gasteiger partial charge on any atom is -0.337 e. The molecule has 1 atom stereocenters. The smallest absolute Gasteiger partial charge is 0.272 e. The van der Waals surface area contributed by atoms with Gasteiger partial charge in [-0.2, -0.15) is 5.10 Å². The molecular formula is C19H25ClN4O. The summed E-state index contributed by atoms with van der Waals surface area (Å²) in [5.74, 6) is 0.588. The molecule has 2 fully saturated rings. The van der Waals surface area contributed by atoms with Gasteiger partial charge in [0.1, 0.15) is 5.69 Å². The van der Waals surface area contributed by atoms with Crippen LogP contribution >= 0.6 is 12.4 Å². The number of nitrogens with zero attached hydrogens (tertiary/aromatic N) is 3. The van der Waals surface area contributed by atoms with Crippen LogP contribution in [0.15, 0.2) is 36.4 Å². The van der Waals surface area contributed by atoms with E-state index >= 15 is 0 Å². The van der Waals surface area contributed by atoms with Crippen molar-refractivity contribution < 1.29 is 4.79 Å². The first-order chi connectivity index (χ1) is 11.6. The fraction of sp³-hybridized carbons (Fsp3) is 0.474. The quantitative estimate of drug-likeness (QED) is 0.911. The van der Waals surface area contributed by atoms with E-state index in [2.05, 4.69) is 6.92 Å². The van der Waals surface area contributed by atoms with E-state index in [-0.39, 0.29) is 23.7 Å². The molecule has 1 aliphatic carbocycles. The first-order valence-corrected chi connectivity index (χ1v) is 8.74. The molecule has 0 spiro atoms. The first kappa shape index (κ1) is 18.0. The van der Waals surface area contributed by atoms with E-state index in [1.54, 1.807) is 0 Å². The number of carbonyl (C=O) groups excluding carboxylic acids is 1. The second kappa shape index (κ2) is 6.81. The van der Waals surface area contributed by atoms with E-state index < -0.39 is 0 Å². The molecule has 1 amide bonds. The summed E-state index contributed by atoms with van der Waals surface area (Å²) in [7, 11) is 0. The second-order valence-electron chi connectivity index (χ2n) is 7.47. The van der Waals surface area contributed by atoms with Gasteiger partial charge < -0.3 is 10.6 Å². The highest BCUT2D eigenvalue weighted by atomic mass is 35.5. The third kappa shape index (κ3) is 3.44. The molecule has 134 valence electrons. The van der Waals surface area contributed by atoms with Gasteiger partial charge in [-0.25, -0.2) is 4.68 Å². The van der Waals surface area contributed by atoms with E-state index in [0.29, 0.717) is 18.2 Å². The summed E-state index contributed by atoms with van der Waals surface area (Å²) in [6.07, 6.45) is 3.31. The summed E-state index contributed by atoms with van der Waals surface area (Å²) in [4.78, 5) is 15.1. The topological polar surface area (TPSA) is 64.2 Å². The molecule has 2 heterocycles. The first-order valence-electron chi connectivity index (χ1n) is 8.74. The van der Waals surface area contributed by atoms with Crippen molar-refractivity contribution in [2.24, 2.45) is 11.1 Å². The Morgan fingerprint density at radius 2 is 2.04 bits per heavy atom. The number of likely N-dealkylation sites (tertiary alicyclic amines) is 1. The van der Waals surface area contributed by atoms with Gasteiger partial charge in [-0.15, -0.1) is 12.4 Å². The highest BCUT2D eigenvalue weighted by Gasteiger charge is 2.37. The highest BCUT2D eigenvalue weighted by molar-refractivity contribution is 5.93. The van der Waals surface area contributed by atoms with Crippen molar-refractivity contribution in [3.05, 3.63) is 47.8 Å². The molecule has 1 saturated carbocycles. The Labute approximate surface area is 154 Å². The van der Waals surface area contributed by atoms with Crippen LogP contribution in [0.5, 0.6) is 0 Å². The monoisotopic (exact) mass is 360 g/mol. The molecule has 1 saturated heterocycles. The van der Waals surface area contributed by atoms with Crippen molar-refractivity contribution in [3.63, 3.8) is 0 Å². The van der Waals surface area contributed by atoms with Gasteiger partial charge in [-0.3, -0.25) is 4.79 Å². The van der Waals surface area contributed by atoms with Gasteiger partial charge in [-0.05, 0) is 49.4 Å². The van der Waals surface area contributed by atoms with Crippen LogP contribution in [0.1, 0.15) is 48.3 Å². The zero-order valence-corrected chi connectivity index (χ0v) is 15.3. The van der Waals surface area contributed by atoms with Gasteiger partial charge in [-0.1, -0.05) is 25.1 Å². The molecule has 4 rings (SSSR count). The number of halogens is 1. The Balaban J connectivity index is 0.00000182. The number of hydrogen-bond acceptors (Lipinski definition) is 3. The van der Waals surface area contributed by atoms with Gasteiger partial charge in [0.15, 0.2) is 0 Å². The van der Waals surface area contributed by atoms with Crippen LogP contribution in [0.4, 0.5) is 0 Å². The molecule has 1 aromatic heterocycles. The summed E-state index contributed by atoms with van der Waals surface area (Å²) in [6.45, 7) is 4.26. The Hall–Kier alpha value is -1.85. The average molecular weight is 361 g/mol. The van der Waals surface area contributed by atoms with Crippen LogP contribution in [0.25, 0.3) is 5.69 Å². The van der Waals surface area contributed by atoms with E-state index in [1.807, 2.05) is 46.0 Å². The van der Waals surface area contributed by atoms with Crippen LogP contribution in [-0.2, 0) is 0 Å². The summed E-state index contributed by atoms with van der Waals surface area (Å²) in [5.41, 5.74) is 8.57. The summed E-state index contributed by atoms with van der Waals surface area (Å²) >= 11 is 0. The van der Waals surface area contributed by atoms with Crippen LogP contribution in [0.3, 0.4) is 0 Å². The Morgan fingerprint density at radius 3 is 2.64 bits per heavy atom. The van der Waals surface area contributed by atoms with Crippen LogP contribution in [-0.4, -0.2) is 40.2 Å². The lowest BCUT2D eigenvalue weighted by Crippen LogP contribution is -2.35. The summed E-state index contributed by atoms with van der Waals surface area (Å²) < 4.78 is 1.81. The molecule has 0 radical (unpaired) electrons. The average Bonchev–Trinajstić information content (AvgIpc) is 3.24. The predicted octanol–water partition coefficient (Wildman–Crippen LogP) is 2.98. The van der Waals surface area contributed by atoms with E-state index in [9.17, 15) is 4.79 Å². The number of rotatable bonds is 4. The number of nitrogens with two attached hydrogens (primary N) is 1. The fourth-order valence-electron chi connectivity index (χ4n) is 3.42. The van der Waals surface area contributed by atoms with Crippen molar-refractivity contribution in [3.8, 4) is 5.69 Å². The fourth-order valence-corrected chi connectivity index (χ4v) is 3.42. The summed E-state index contributed by atoms with van der Waals surface area (Å²) in [6, 6.07) is 11.9. The van der Waals surface area contributed by atoms with Crippen molar-refractivity contribution >= 4 is 18.3 Å². The molecule has 25 heavy (non-hydrogen) atoms. The number of amides is 1. The van der Waals surface area contributed by atoms with Gasteiger partial charge in [0, 0.05) is 19.0 Å². The molecule has 6 heteroatoms. The molecule has 0 bridgehead atoms. The van der Waals surface area contributed by atoms with Gasteiger partial charge in [0.05, 0.1) is 11.4 Å². The maximum Gasteiger partial charge on any atom is 0.272 e. The Bertz CT molecular complexity index is 756. The second-order valence-corrected chi connectivity index (χ2v) is 7.47. The molecule has 2 N–H and O–H groups in total. The van der Waals surface area contributed by atoms with Gasteiger partial charge in [0.2, 0.25) is 0 Å². The molecule has 2 aliphatic rings. The van der Waals surface area contributed by atoms with Crippen molar-refractivity contribution in [2.45, 2.75) is 32.1 Å². The van der Waals surface area contributed by atoms with E-state index in [1.165, 1.54) is 12.8 Å². The molecular weight excluding hydrogens is 336 g/mol. The number of para-hydroxylation sites is 1. The lowest BCUT2D eigenvalue weighted by Gasteiger charge is -2.22. The van der Waals surface area contributed by atoms with Gasteiger partial charge >= 0.3 is 0 Å². The Morgan fingerprint density at radius 1 is 1.32 bits per heavy atom. The standard InChI is InChI=1S/C19H24N4O.ClH/c1-19(12-20)9-10-22(13-19)18(24)17-11-16(14-7-8-14)21-23(17)15-5-3-2-4-6-15;/h2-6,11,14H,7-10,12-13,20H2,1H3;1H. The SMILES string of the molecule is CC1(CN)CCN(C(=O)c2cc(C3CC3)nn2-c2ccccc2)C1.Cl. The number of hydrogen-bond donors (Lipinski definition) is 1. The zero-order valence-electron chi connectivity index (χ0n) is 14.5. The van der Waals surface area contributed by atoms with Crippen molar-refractivity contribution in [1.29, 1.82) is 0 Å². The minimum absolute atomic E-state index is 0. The van der Waals surface area contributed by atoms with E-state index in [0.717, 1.165) is 30.9 Å². The molecule has 5 nitrogen and oxygen atoms in total. The molecule has 1 unspecified atom stereocenters. The third-order valence-electron chi connectivity index (χ3n) is 5.28. The van der Waals surface area contributed by atoms with Crippen LogP contribution in [0, 0.1) is 5.41 Å². The number of carbonyl (C=O) groups is 1. The molecule has 2 aromatic rings. The minimum atomic E-state index is 0. The number of benzene rings is 1. The maximum atomic E-state index is 13.1. The lowest BCUT2D eigenvalue weighted by molar-refractivity contribution is 0.0768. The van der Waals surface area contributed by atoms with Crippen molar-refractivity contribution in [2.75, 3.05) is 19.6 Å². The Kier molecular flexibility index (Phi) is 4.89. The summed E-state index contributed by atoms with van der Waals surface area (Å²) in [5, 5.41) is 4.74.